The van der Waals surface area contributed by atoms with Gasteiger partial charge in [-0.05, 0) is 0 Å². The zero-order valence-corrected chi connectivity index (χ0v) is 13.1. The molecule has 1 N–H and O–H groups in total. The maximum atomic E-state index is 9.16. The van der Waals surface area contributed by atoms with Crippen LogP contribution in [0.15, 0.2) is 29.2 Å². The van der Waals surface area contributed by atoms with E-state index in [1.807, 2.05) is 22.3 Å². The summed E-state index contributed by atoms with van der Waals surface area (Å²) in [5.41, 5.74) is 0. The number of phenolic OH excluding ortho intramolecular Hbond substituents is 1. The molecule has 1 aromatic carbocycles. The van der Waals surface area contributed by atoms with Crippen LogP contribution in [0.2, 0.25) is 5.32 Å². The van der Waals surface area contributed by atoms with Gasteiger partial charge in [-0.2, -0.15) is 0 Å². The van der Waals surface area contributed by atoms with Crippen molar-refractivity contribution in [3.8, 4) is 5.75 Å². The van der Waals surface area contributed by atoms with E-state index in [-0.39, 0.29) is 0 Å². The molecule has 0 aromatic heterocycles. The molecule has 0 saturated carbocycles. The Morgan fingerprint density at radius 1 is 1.00 bits per heavy atom. The van der Waals surface area contributed by atoms with Crippen molar-refractivity contribution in [2.24, 2.45) is 0 Å². The molecule has 1 rings (SSSR count). The fourth-order valence-electron chi connectivity index (χ4n) is 1.55. The molecule has 0 aliphatic heterocycles. The number of hydrogen-bond acceptors (Lipinski definition) is 2. The zero-order valence-electron chi connectivity index (χ0n) is 10.5. The van der Waals surface area contributed by atoms with Crippen molar-refractivity contribution >= 4 is 24.0 Å². The van der Waals surface area contributed by atoms with Gasteiger partial charge in [0.1, 0.15) is 0 Å². The van der Waals surface area contributed by atoms with E-state index >= 15 is 0 Å². The Bertz CT molecular complexity index is 287. The topological polar surface area (TPSA) is 20.2 Å². The molecule has 0 radical (unpaired) electrons. The molecule has 1 aromatic rings. The van der Waals surface area contributed by atoms with Crippen LogP contribution >= 0.6 is 10.2 Å². The van der Waals surface area contributed by atoms with Crippen molar-refractivity contribution in [3.63, 3.8) is 0 Å². The van der Waals surface area contributed by atoms with Crippen molar-refractivity contribution in [1.29, 1.82) is 0 Å². The summed E-state index contributed by atoms with van der Waals surface area (Å²) in [5, 5.41) is 10.5. The standard InChI is InChI=1S/C14H22OSSe/c1-2-3-4-5-6-7-12-17-16-14-10-8-13(15)9-11-14/h8-11,15H,2-7,12H2,1H3. The van der Waals surface area contributed by atoms with Gasteiger partial charge < -0.3 is 0 Å². The molecular formula is C14H22OSSe. The normalized spacial score (nSPS) is 10.6. The van der Waals surface area contributed by atoms with E-state index in [0.717, 1.165) is 0 Å². The van der Waals surface area contributed by atoms with E-state index < -0.39 is 0 Å². The first-order valence-corrected chi connectivity index (χ1v) is 10.5. The fraction of sp³-hybridized carbons (Fsp3) is 0.571. The summed E-state index contributed by atoms with van der Waals surface area (Å²) in [5.74, 6) is 0.359. The van der Waals surface area contributed by atoms with Gasteiger partial charge in [-0.3, -0.25) is 0 Å². The van der Waals surface area contributed by atoms with E-state index in [1.54, 1.807) is 12.1 Å². The quantitative estimate of drug-likeness (QED) is 0.517. The summed E-state index contributed by atoms with van der Waals surface area (Å²) < 4.78 is 0. The van der Waals surface area contributed by atoms with E-state index in [2.05, 4.69) is 6.92 Å². The van der Waals surface area contributed by atoms with E-state index in [0.29, 0.717) is 19.6 Å². The third-order valence-corrected chi connectivity index (χ3v) is 6.93. The van der Waals surface area contributed by atoms with Gasteiger partial charge in [0, 0.05) is 0 Å². The van der Waals surface area contributed by atoms with Gasteiger partial charge in [-0.25, -0.2) is 0 Å². The van der Waals surface area contributed by atoms with Crippen LogP contribution < -0.4 is 0 Å². The van der Waals surface area contributed by atoms with Gasteiger partial charge in [-0.1, -0.05) is 0 Å². The predicted molar refractivity (Wildman–Crippen MR) is 77.9 cm³/mol. The van der Waals surface area contributed by atoms with E-state index in [4.69, 9.17) is 5.11 Å². The molecule has 0 aliphatic rings. The molecule has 0 unspecified atom stereocenters. The van der Waals surface area contributed by atoms with Gasteiger partial charge in [-0.15, -0.1) is 0 Å². The van der Waals surface area contributed by atoms with Crippen LogP contribution in [0.25, 0.3) is 0 Å². The molecule has 0 bridgehead atoms. The van der Waals surface area contributed by atoms with Crippen LogP contribution in [0.5, 0.6) is 5.75 Å². The minimum atomic E-state index is 0.359. The third-order valence-electron chi connectivity index (χ3n) is 2.57. The van der Waals surface area contributed by atoms with Crippen molar-refractivity contribution in [1.82, 2.24) is 0 Å². The van der Waals surface area contributed by atoms with E-state index in [9.17, 15) is 0 Å². The maximum absolute atomic E-state index is 9.16. The van der Waals surface area contributed by atoms with Crippen LogP contribution in [-0.2, 0) is 0 Å². The van der Waals surface area contributed by atoms with Crippen molar-refractivity contribution in [2.75, 3.05) is 0 Å². The van der Waals surface area contributed by atoms with Crippen molar-refractivity contribution in [2.45, 2.75) is 55.7 Å². The Kier molecular flexibility index (Phi) is 8.68. The van der Waals surface area contributed by atoms with Gasteiger partial charge in [0.2, 0.25) is 0 Å². The van der Waals surface area contributed by atoms with Crippen LogP contribution in [0.1, 0.15) is 45.4 Å². The molecule has 0 spiro atoms. The molecule has 0 fully saturated rings. The molecule has 0 heterocycles. The molecule has 1 nitrogen and oxygen atoms in total. The minimum absolute atomic E-state index is 0.359. The second-order valence-corrected chi connectivity index (χ2v) is 8.43. The number of benzene rings is 1. The molecule has 0 aliphatic carbocycles. The first-order chi connectivity index (χ1) is 8.33. The van der Waals surface area contributed by atoms with Gasteiger partial charge in [0.25, 0.3) is 0 Å². The van der Waals surface area contributed by atoms with Gasteiger partial charge in [0.05, 0.1) is 0 Å². The van der Waals surface area contributed by atoms with Crippen LogP contribution in [0.4, 0.5) is 0 Å². The third kappa shape index (κ3) is 7.75. The average Bonchev–Trinajstić information content (AvgIpc) is 2.35. The van der Waals surface area contributed by atoms with Gasteiger partial charge >= 0.3 is 115 Å². The first-order valence-electron chi connectivity index (χ1n) is 6.41. The fourth-order valence-corrected chi connectivity index (χ4v) is 5.39. The number of unbranched alkanes of at least 4 members (excludes halogenated alkanes) is 5. The predicted octanol–water partition coefficient (Wildman–Crippen LogP) is 4.88. The Hall–Kier alpha value is -0.111. The molecule has 96 valence electrons. The second kappa shape index (κ2) is 9.87. The van der Waals surface area contributed by atoms with Crippen molar-refractivity contribution in [3.05, 3.63) is 24.3 Å². The number of phenols is 1. The van der Waals surface area contributed by atoms with Crippen molar-refractivity contribution < 1.29 is 5.11 Å². The van der Waals surface area contributed by atoms with Crippen LogP contribution in [-0.4, -0.2) is 18.9 Å². The van der Waals surface area contributed by atoms with E-state index in [1.165, 1.54) is 48.7 Å². The average molecular weight is 317 g/mol. The Balaban J connectivity index is 1.95. The first kappa shape index (κ1) is 14.9. The summed E-state index contributed by atoms with van der Waals surface area (Å²) in [6.45, 7) is 2.26. The summed E-state index contributed by atoms with van der Waals surface area (Å²) in [4.78, 5) is 1.29. The molecule has 0 amide bonds. The molecule has 0 atom stereocenters. The van der Waals surface area contributed by atoms with Crippen LogP contribution in [0, 0.1) is 0 Å². The molecular weight excluding hydrogens is 295 g/mol. The summed E-state index contributed by atoms with van der Waals surface area (Å²) >= 11 is 0.654. The zero-order chi connectivity index (χ0) is 12.3. The molecule has 0 saturated heterocycles. The second-order valence-electron chi connectivity index (χ2n) is 4.17. The molecule has 17 heavy (non-hydrogen) atoms. The number of rotatable bonds is 9. The summed E-state index contributed by atoms with van der Waals surface area (Å²) in [6.07, 6.45) is 8.34. The Labute approximate surface area is 115 Å². The Morgan fingerprint density at radius 2 is 1.65 bits per heavy atom. The number of hydrogen-bond donors (Lipinski definition) is 1. The van der Waals surface area contributed by atoms with Gasteiger partial charge in [0.15, 0.2) is 0 Å². The number of aromatic hydroxyl groups is 1. The summed E-state index contributed by atoms with van der Waals surface area (Å²) in [6, 6.07) is 7.54. The summed E-state index contributed by atoms with van der Waals surface area (Å²) in [7, 11) is 1.95. The van der Waals surface area contributed by atoms with Crippen LogP contribution in [0.3, 0.4) is 0 Å². The molecule has 3 heteroatoms. The SMILES string of the molecule is CCCCCCCC[Se]Sc1ccc(O)cc1. The Morgan fingerprint density at radius 3 is 2.35 bits per heavy atom. The monoisotopic (exact) mass is 318 g/mol.